The molecule has 6 heteroatoms. The van der Waals surface area contributed by atoms with E-state index >= 15 is 0 Å². The molecule has 2 N–H and O–H groups in total. The largest absolute Gasteiger partial charge is 0.321 e. The van der Waals surface area contributed by atoms with Gasteiger partial charge in [0.05, 0.1) is 27.1 Å². The van der Waals surface area contributed by atoms with E-state index in [-0.39, 0.29) is 11.3 Å². The van der Waals surface area contributed by atoms with E-state index < -0.39 is 25.8 Å². The monoisotopic (exact) mass is 297 g/mol. The van der Waals surface area contributed by atoms with Crippen molar-refractivity contribution >= 4 is 9.73 Å². The van der Waals surface area contributed by atoms with E-state index in [2.05, 4.69) is 4.36 Å². The van der Waals surface area contributed by atoms with E-state index in [9.17, 15) is 13.9 Å². The fraction of sp³-hybridized carbons (Fsp3) is 0.500. The van der Waals surface area contributed by atoms with Crippen LogP contribution < -0.4 is 5.73 Å². The topological polar surface area (TPSA) is 79.2 Å². The molecule has 0 fully saturated rings. The van der Waals surface area contributed by atoms with Crippen molar-refractivity contribution in [2.24, 2.45) is 10.1 Å². The molecule has 0 heterocycles. The fourth-order valence-electron chi connectivity index (χ4n) is 1.95. The maximum atomic E-state index is 13.9. The molecule has 0 bridgehead atoms. The molecule has 20 heavy (non-hydrogen) atoms. The molecule has 4 nitrogen and oxygen atoms in total. The first-order valence-corrected chi connectivity index (χ1v) is 7.86. The minimum atomic E-state index is -2.91. The maximum absolute atomic E-state index is 13.9. The van der Waals surface area contributed by atoms with Crippen LogP contribution in [0.4, 0.5) is 4.39 Å². The van der Waals surface area contributed by atoms with Gasteiger partial charge >= 0.3 is 0 Å². The van der Waals surface area contributed by atoms with E-state index in [1.807, 2.05) is 6.07 Å². The first kappa shape index (κ1) is 16.6. The molecular formula is C14H20FN3OS. The molecule has 0 aliphatic rings. The quantitative estimate of drug-likeness (QED) is 0.926. The molecule has 110 valence electrons. The van der Waals surface area contributed by atoms with E-state index in [1.54, 1.807) is 39.0 Å². The Balaban J connectivity index is 3.31. The summed E-state index contributed by atoms with van der Waals surface area (Å²) in [6, 6.07) is 8.10. The van der Waals surface area contributed by atoms with Gasteiger partial charge in [0.2, 0.25) is 0 Å². The smallest absolute Gasteiger partial charge is 0.135 e. The van der Waals surface area contributed by atoms with Crippen molar-refractivity contribution in [3.05, 3.63) is 35.6 Å². The number of hydrogen-bond acceptors (Lipinski definition) is 4. The summed E-state index contributed by atoms with van der Waals surface area (Å²) in [5, 5.41) is 9.18. The Hall–Kier alpha value is -1.45. The normalized spacial score (nSPS) is 17.6. The van der Waals surface area contributed by atoms with Crippen LogP contribution in [0.15, 0.2) is 28.6 Å². The van der Waals surface area contributed by atoms with E-state index in [0.717, 1.165) is 0 Å². The Morgan fingerprint density at radius 1 is 1.40 bits per heavy atom. The predicted molar refractivity (Wildman–Crippen MR) is 79.0 cm³/mol. The number of nitrogens with two attached hydrogens (primary N) is 1. The Labute approximate surface area is 120 Å². The molecule has 0 aliphatic heterocycles. The number of nitrogens with zero attached hydrogens (tertiary/aromatic N) is 2. The molecule has 1 unspecified atom stereocenters. The molecule has 0 aliphatic carbocycles. The average Bonchev–Trinajstić information content (AvgIpc) is 2.38. The van der Waals surface area contributed by atoms with Crippen molar-refractivity contribution in [1.82, 2.24) is 0 Å². The minimum absolute atomic E-state index is 0.0853. The van der Waals surface area contributed by atoms with Crippen LogP contribution in [0.25, 0.3) is 0 Å². The second kappa shape index (κ2) is 5.51. The van der Waals surface area contributed by atoms with Crippen molar-refractivity contribution < 1.29 is 8.60 Å². The third-order valence-electron chi connectivity index (χ3n) is 3.35. The van der Waals surface area contributed by atoms with Crippen molar-refractivity contribution in [2.45, 2.75) is 31.1 Å². The van der Waals surface area contributed by atoms with Crippen LogP contribution in [0, 0.1) is 17.1 Å². The van der Waals surface area contributed by atoms with E-state index in [4.69, 9.17) is 5.73 Å². The second-order valence-corrected chi connectivity index (χ2v) is 8.44. The summed E-state index contributed by atoms with van der Waals surface area (Å²) in [5.74, 6) is -0.539. The zero-order chi connectivity index (χ0) is 15.6. The summed E-state index contributed by atoms with van der Waals surface area (Å²) in [5.41, 5.74) is 5.26. The Morgan fingerprint density at radius 3 is 2.40 bits per heavy atom. The average molecular weight is 297 g/mol. The molecule has 0 radical (unpaired) electrons. The molecule has 0 amide bonds. The van der Waals surface area contributed by atoms with Crippen LogP contribution in [-0.4, -0.2) is 21.8 Å². The lowest BCUT2D eigenvalue weighted by Crippen LogP contribution is -2.46. The third-order valence-corrected chi connectivity index (χ3v) is 6.61. The lowest BCUT2D eigenvalue weighted by molar-refractivity contribution is 0.500. The molecule has 0 aromatic heterocycles. The molecule has 0 saturated heterocycles. The van der Waals surface area contributed by atoms with Gasteiger partial charge in [-0.05, 0) is 26.8 Å². The van der Waals surface area contributed by atoms with Gasteiger partial charge < -0.3 is 5.73 Å². The molecule has 2 atom stereocenters. The Kier molecular flexibility index (Phi) is 4.57. The lowest BCUT2D eigenvalue weighted by atomic mass is 9.95. The van der Waals surface area contributed by atoms with Gasteiger partial charge in [0, 0.05) is 12.6 Å². The summed E-state index contributed by atoms with van der Waals surface area (Å²) < 4.78 is 29.5. The molecule has 1 rings (SSSR count). The first-order chi connectivity index (χ1) is 9.09. The lowest BCUT2D eigenvalue weighted by Gasteiger charge is -2.31. The first-order valence-electron chi connectivity index (χ1n) is 6.17. The number of nitriles is 1. The number of halogens is 1. The Morgan fingerprint density at radius 2 is 1.95 bits per heavy atom. The summed E-state index contributed by atoms with van der Waals surface area (Å²) in [6.07, 6.45) is 0. The zero-order valence-electron chi connectivity index (χ0n) is 12.2. The molecule has 1 aromatic rings. The molecule has 0 saturated carbocycles. The van der Waals surface area contributed by atoms with Crippen LogP contribution in [0.2, 0.25) is 0 Å². The highest BCUT2D eigenvalue weighted by Crippen LogP contribution is 2.28. The fourth-order valence-corrected chi connectivity index (χ4v) is 4.01. The van der Waals surface area contributed by atoms with Gasteiger partial charge in [0.25, 0.3) is 0 Å². The SMILES string of the molecule is CN=S(=O)(C[C@](C)(N)c1ccccc1F)C(C)(C)C#N. The number of hydrogen-bond donors (Lipinski definition) is 1. The summed E-state index contributed by atoms with van der Waals surface area (Å²) in [4.78, 5) is 0. The second-order valence-electron chi connectivity index (χ2n) is 5.49. The van der Waals surface area contributed by atoms with Gasteiger partial charge in [-0.25, -0.2) is 13.0 Å². The van der Waals surface area contributed by atoms with Gasteiger partial charge in [-0.1, -0.05) is 18.2 Å². The van der Waals surface area contributed by atoms with Crippen molar-refractivity contribution in [3.63, 3.8) is 0 Å². The standard InChI is InChI=1S/C14H20FN3OS/c1-13(2,9-16)20(19,18-4)10-14(3,17)11-7-5-6-8-12(11)15/h5-8H,10,17H2,1-4H3/t14-,20?/m0/s1. The minimum Gasteiger partial charge on any atom is -0.321 e. The van der Waals surface area contributed by atoms with Crippen LogP contribution in [0.1, 0.15) is 26.3 Å². The van der Waals surface area contributed by atoms with Crippen molar-refractivity contribution in [3.8, 4) is 6.07 Å². The molecular weight excluding hydrogens is 277 g/mol. The van der Waals surface area contributed by atoms with Crippen LogP contribution in [0.5, 0.6) is 0 Å². The van der Waals surface area contributed by atoms with Crippen molar-refractivity contribution in [2.75, 3.05) is 12.8 Å². The van der Waals surface area contributed by atoms with Gasteiger partial charge in [0.1, 0.15) is 10.6 Å². The van der Waals surface area contributed by atoms with Crippen molar-refractivity contribution in [1.29, 1.82) is 5.26 Å². The highest BCUT2D eigenvalue weighted by Gasteiger charge is 2.38. The van der Waals surface area contributed by atoms with Gasteiger partial charge in [-0.3, -0.25) is 0 Å². The van der Waals surface area contributed by atoms with Gasteiger partial charge in [-0.15, -0.1) is 0 Å². The number of rotatable bonds is 4. The third kappa shape index (κ3) is 3.00. The van der Waals surface area contributed by atoms with E-state index in [1.165, 1.54) is 13.1 Å². The van der Waals surface area contributed by atoms with E-state index in [0.29, 0.717) is 0 Å². The maximum Gasteiger partial charge on any atom is 0.135 e. The highest BCUT2D eigenvalue weighted by atomic mass is 32.2. The molecule has 0 spiro atoms. The van der Waals surface area contributed by atoms with Gasteiger partial charge in [-0.2, -0.15) is 5.26 Å². The zero-order valence-corrected chi connectivity index (χ0v) is 13.0. The number of benzene rings is 1. The predicted octanol–water partition coefficient (Wildman–Crippen LogP) is 2.40. The Bertz CT molecular complexity index is 653. The summed E-state index contributed by atoms with van der Waals surface area (Å²) in [7, 11) is -1.50. The van der Waals surface area contributed by atoms with Gasteiger partial charge in [0.15, 0.2) is 0 Å². The highest BCUT2D eigenvalue weighted by molar-refractivity contribution is 7.95. The van der Waals surface area contributed by atoms with Crippen LogP contribution >= 0.6 is 0 Å². The summed E-state index contributed by atoms with van der Waals surface area (Å²) >= 11 is 0. The summed E-state index contributed by atoms with van der Waals surface area (Å²) in [6.45, 7) is 4.71. The van der Waals surface area contributed by atoms with Crippen LogP contribution in [-0.2, 0) is 15.3 Å². The molecule has 1 aromatic carbocycles. The van der Waals surface area contributed by atoms with Crippen LogP contribution in [0.3, 0.4) is 0 Å².